The summed E-state index contributed by atoms with van der Waals surface area (Å²) in [6.45, 7) is 0. The third-order valence-electron chi connectivity index (χ3n) is 4.37. The number of benzene rings is 1. The largest absolute Gasteiger partial charge is 0.360 e. The second-order valence-electron chi connectivity index (χ2n) is 5.84. The maximum Gasteiger partial charge on any atom is 0.273 e. The van der Waals surface area contributed by atoms with Crippen LogP contribution in [0.1, 0.15) is 40.2 Å². The molecule has 0 saturated carbocycles. The van der Waals surface area contributed by atoms with Gasteiger partial charge in [0, 0.05) is 17.3 Å². The molecule has 5 heteroatoms. The molecule has 3 N–H and O–H groups in total. The Bertz CT molecular complexity index is 874. The number of aryl methyl sites for hydroxylation is 2. The lowest BCUT2D eigenvalue weighted by Gasteiger charge is -2.10. The number of nitrogens with zero attached hydrogens (tertiary/aromatic N) is 1. The summed E-state index contributed by atoms with van der Waals surface area (Å²) in [6, 6.07) is 9.64. The predicted molar refractivity (Wildman–Crippen MR) is 90.8 cm³/mol. The highest BCUT2D eigenvalue weighted by molar-refractivity contribution is 6.07. The van der Waals surface area contributed by atoms with Gasteiger partial charge in [-0.3, -0.25) is 4.79 Å². The van der Waals surface area contributed by atoms with Crippen LogP contribution in [-0.2, 0) is 12.8 Å². The molecule has 23 heavy (non-hydrogen) atoms. The standard InChI is InChI=1S/C18H18N4O/c23-18(22-20-11-12-5-4-10-19-12)15-8-3-7-14-13-6-1-2-9-16(13)21-17(14)15/h3-5,7-8,10-11,19,21H,1-2,6,9H2,(H,22,23)/b20-11+. The molecular weight excluding hydrogens is 288 g/mol. The summed E-state index contributed by atoms with van der Waals surface area (Å²) in [4.78, 5) is 18.9. The van der Waals surface area contributed by atoms with Gasteiger partial charge in [0.15, 0.2) is 0 Å². The molecule has 0 spiro atoms. The van der Waals surface area contributed by atoms with Crippen molar-refractivity contribution in [3.05, 3.63) is 59.0 Å². The molecule has 116 valence electrons. The van der Waals surface area contributed by atoms with E-state index in [0.29, 0.717) is 5.56 Å². The lowest BCUT2D eigenvalue weighted by Crippen LogP contribution is -2.18. The molecule has 0 saturated heterocycles. The number of aromatic amines is 2. The van der Waals surface area contributed by atoms with Gasteiger partial charge in [-0.1, -0.05) is 12.1 Å². The van der Waals surface area contributed by atoms with Crippen molar-refractivity contribution < 1.29 is 4.79 Å². The zero-order valence-electron chi connectivity index (χ0n) is 12.7. The number of hydrogen-bond acceptors (Lipinski definition) is 2. The molecule has 2 heterocycles. The van der Waals surface area contributed by atoms with Crippen LogP contribution >= 0.6 is 0 Å². The fraction of sp³-hybridized carbons (Fsp3) is 0.222. The van der Waals surface area contributed by atoms with Crippen molar-refractivity contribution in [3.63, 3.8) is 0 Å². The topological polar surface area (TPSA) is 73.0 Å². The van der Waals surface area contributed by atoms with Gasteiger partial charge in [0.2, 0.25) is 0 Å². The fourth-order valence-corrected chi connectivity index (χ4v) is 3.26. The Morgan fingerprint density at radius 1 is 1.17 bits per heavy atom. The van der Waals surface area contributed by atoms with E-state index in [1.54, 1.807) is 6.21 Å². The number of fused-ring (bicyclic) bond motifs is 3. The maximum atomic E-state index is 12.4. The van der Waals surface area contributed by atoms with Crippen LogP contribution in [0.5, 0.6) is 0 Å². The zero-order chi connectivity index (χ0) is 15.6. The van der Waals surface area contributed by atoms with Gasteiger partial charge in [-0.15, -0.1) is 0 Å². The normalized spacial score (nSPS) is 14.3. The Hall–Kier alpha value is -2.82. The number of para-hydroxylation sites is 1. The quantitative estimate of drug-likeness (QED) is 0.505. The van der Waals surface area contributed by atoms with Gasteiger partial charge in [0.1, 0.15) is 0 Å². The molecular formula is C18H18N4O. The van der Waals surface area contributed by atoms with Crippen molar-refractivity contribution in [2.45, 2.75) is 25.7 Å². The first-order valence-electron chi connectivity index (χ1n) is 7.92. The molecule has 1 aliphatic carbocycles. The lowest BCUT2D eigenvalue weighted by atomic mass is 9.95. The molecule has 1 amide bonds. The van der Waals surface area contributed by atoms with Gasteiger partial charge in [-0.25, -0.2) is 5.43 Å². The van der Waals surface area contributed by atoms with E-state index in [1.165, 1.54) is 29.5 Å². The van der Waals surface area contributed by atoms with E-state index in [9.17, 15) is 4.79 Å². The average molecular weight is 306 g/mol. The molecule has 3 aromatic rings. The monoisotopic (exact) mass is 306 g/mol. The predicted octanol–water partition coefficient (Wildman–Crippen LogP) is 3.14. The highest BCUT2D eigenvalue weighted by Gasteiger charge is 2.18. The molecule has 1 aromatic carbocycles. The van der Waals surface area contributed by atoms with Crippen LogP contribution in [0.15, 0.2) is 41.6 Å². The van der Waals surface area contributed by atoms with E-state index in [1.807, 2.05) is 30.5 Å². The third kappa shape index (κ3) is 2.54. The first-order chi connectivity index (χ1) is 11.3. The maximum absolute atomic E-state index is 12.4. The Labute approximate surface area is 133 Å². The molecule has 0 atom stereocenters. The molecule has 0 bridgehead atoms. The number of hydrazone groups is 1. The van der Waals surface area contributed by atoms with E-state index in [-0.39, 0.29) is 5.91 Å². The number of carbonyl (C=O) groups excluding carboxylic acids is 1. The van der Waals surface area contributed by atoms with Gasteiger partial charge in [-0.05, 0) is 49.4 Å². The summed E-state index contributed by atoms with van der Waals surface area (Å²) >= 11 is 0. The Morgan fingerprint density at radius 3 is 2.96 bits per heavy atom. The SMILES string of the molecule is O=C(N/N=C/c1ccc[nH]1)c1cccc2c3c([nH]c12)CCCC3. The van der Waals surface area contributed by atoms with Crippen molar-refractivity contribution in [2.75, 3.05) is 0 Å². The van der Waals surface area contributed by atoms with Gasteiger partial charge in [-0.2, -0.15) is 5.10 Å². The molecule has 4 rings (SSSR count). The number of rotatable bonds is 3. The van der Waals surface area contributed by atoms with Crippen molar-refractivity contribution in [3.8, 4) is 0 Å². The van der Waals surface area contributed by atoms with Crippen molar-refractivity contribution in [2.24, 2.45) is 5.10 Å². The van der Waals surface area contributed by atoms with E-state index in [2.05, 4.69) is 26.6 Å². The van der Waals surface area contributed by atoms with Crippen LogP contribution in [0.4, 0.5) is 0 Å². The highest BCUT2D eigenvalue weighted by atomic mass is 16.2. The van der Waals surface area contributed by atoms with Crippen LogP contribution in [0.2, 0.25) is 0 Å². The molecule has 0 fully saturated rings. The lowest BCUT2D eigenvalue weighted by molar-refractivity contribution is 0.0956. The van der Waals surface area contributed by atoms with Crippen molar-refractivity contribution >= 4 is 23.0 Å². The molecule has 5 nitrogen and oxygen atoms in total. The summed E-state index contributed by atoms with van der Waals surface area (Å²) in [5.41, 5.74) is 7.66. The van der Waals surface area contributed by atoms with Gasteiger partial charge in [0.05, 0.1) is 23.0 Å². The number of aromatic nitrogens is 2. The molecule has 2 aromatic heterocycles. The van der Waals surface area contributed by atoms with Crippen LogP contribution in [0.3, 0.4) is 0 Å². The Morgan fingerprint density at radius 2 is 2.09 bits per heavy atom. The first-order valence-corrected chi connectivity index (χ1v) is 7.92. The molecule has 0 radical (unpaired) electrons. The van der Waals surface area contributed by atoms with E-state index >= 15 is 0 Å². The van der Waals surface area contributed by atoms with Gasteiger partial charge in [0.25, 0.3) is 5.91 Å². The minimum Gasteiger partial charge on any atom is -0.360 e. The second kappa shape index (κ2) is 5.76. The summed E-state index contributed by atoms with van der Waals surface area (Å²) < 4.78 is 0. The smallest absolute Gasteiger partial charge is 0.273 e. The van der Waals surface area contributed by atoms with Crippen LogP contribution < -0.4 is 5.43 Å². The number of amides is 1. The summed E-state index contributed by atoms with van der Waals surface area (Å²) in [5, 5.41) is 5.18. The number of hydrogen-bond donors (Lipinski definition) is 3. The van der Waals surface area contributed by atoms with Crippen molar-refractivity contribution in [1.82, 2.24) is 15.4 Å². The third-order valence-corrected chi connectivity index (χ3v) is 4.37. The Balaban J connectivity index is 1.63. The molecule has 0 unspecified atom stereocenters. The highest BCUT2D eigenvalue weighted by Crippen LogP contribution is 2.30. The van der Waals surface area contributed by atoms with E-state index in [4.69, 9.17) is 0 Å². The first kappa shape index (κ1) is 13.8. The fourth-order valence-electron chi connectivity index (χ4n) is 3.26. The van der Waals surface area contributed by atoms with E-state index < -0.39 is 0 Å². The average Bonchev–Trinajstić information content (AvgIpc) is 3.21. The minimum absolute atomic E-state index is 0.197. The number of H-pyrrole nitrogens is 2. The van der Waals surface area contributed by atoms with Gasteiger partial charge < -0.3 is 9.97 Å². The van der Waals surface area contributed by atoms with Crippen LogP contribution in [0, 0.1) is 0 Å². The second-order valence-corrected chi connectivity index (χ2v) is 5.84. The Kier molecular flexibility index (Phi) is 3.46. The van der Waals surface area contributed by atoms with Crippen molar-refractivity contribution in [1.29, 1.82) is 0 Å². The summed E-state index contributed by atoms with van der Waals surface area (Å²) in [7, 11) is 0. The minimum atomic E-state index is -0.197. The molecule has 1 aliphatic rings. The van der Waals surface area contributed by atoms with Gasteiger partial charge >= 0.3 is 0 Å². The number of carbonyl (C=O) groups is 1. The number of nitrogens with one attached hydrogen (secondary N) is 3. The van der Waals surface area contributed by atoms with E-state index in [0.717, 1.165) is 24.1 Å². The van der Waals surface area contributed by atoms with Crippen LogP contribution in [-0.4, -0.2) is 22.1 Å². The van der Waals surface area contributed by atoms with Crippen LogP contribution in [0.25, 0.3) is 10.9 Å². The molecule has 0 aliphatic heterocycles. The summed E-state index contributed by atoms with van der Waals surface area (Å²) in [5.74, 6) is -0.197. The zero-order valence-corrected chi connectivity index (χ0v) is 12.7. The summed E-state index contributed by atoms with van der Waals surface area (Å²) in [6.07, 6.45) is 7.99.